The molecule has 6 rings (SSSR count). The normalized spacial score (nSPS) is 19.9. The van der Waals surface area contributed by atoms with E-state index in [0.29, 0.717) is 28.0 Å². The standard InChI is InChI=1S/C39H46N10O6S/c1-22(2)14-30-36-46-32(20-56-36)35(52)45-31(16-25-17-40-27-9-7-6-8-26(25)27)39(55)48(5)18-33(50)43-23(3)37(53)47(4)12-13-49(19-34(51)44-30)38(54)24-10-11-28-29(15-24)42-21-41-28/h6-11,15,17,20-23,30-31,40H,12-14,16,18-19H2,1-5H3,(H,41,42)(H,43,50)(H,44,51)(H,45,52)/t23-,30-,31+/m0/s1. The van der Waals surface area contributed by atoms with E-state index < -0.39 is 53.6 Å². The number of carbonyl (C=O) groups excluding carboxylic acids is 6. The summed E-state index contributed by atoms with van der Waals surface area (Å²) in [5.74, 6) is -2.89. The highest BCUT2D eigenvalue weighted by molar-refractivity contribution is 7.09. The largest absolute Gasteiger partial charge is 0.361 e. The van der Waals surface area contributed by atoms with E-state index in [0.717, 1.165) is 16.5 Å². The highest BCUT2D eigenvalue weighted by Gasteiger charge is 2.31. The predicted octanol–water partition coefficient (Wildman–Crippen LogP) is 2.62. The summed E-state index contributed by atoms with van der Waals surface area (Å²) in [4.78, 5) is 101. The quantitative estimate of drug-likeness (QED) is 0.179. The molecular weight excluding hydrogens is 737 g/mol. The molecule has 0 saturated carbocycles. The fraction of sp³-hybridized carbons (Fsp3) is 0.385. The summed E-state index contributed by atoms with van der Waals surface area (Å²) >= 11 is 1.20. The second-order valence-electron chi connectivity index (χ2n) is 14.5. The molecule has 6 amide bonds. The van der Waals surface area contributed by atoms with Crippen molar-refractivity contribution in [3.05, 3.63) is 82.2 Å². The van der Waals surface area contributed by atoms with Crippen molar-refractivity contribution < 1.29 is 28.8 Å². The third-order valence-electron chi connectivity index (χ3n) is 9.67. The minimum Gasteiger partial charge on any atom is -0.361 e. The molecular formula is C39H46N10O6S. The molecule has 0 spiro atoms. The Labute approximate surface area is 327 Å². The number of para-hydroxylation sites is 1. The van der Waals surface area contributed by atoms with Gasteiger partial charge in [0.05, 0.1) is 36.5 Å². The van der Waals surface area contributed by atoms with Crippen LogP contribution in [0.3, 0.4) is 0 Å². The first-order valence-corrected chi connectivity index (χ1v) is 19.3. The average molecular weight is 783 g/mol. The summed E-state index contributed by atoms with van der Waals surface area (Å²) in [7, 11) is 3.01. The Morgan fingerprint density at radius 3 is 2.43 bits per heavy atom. The van der Waals surface area contributed by atoms with Crippen molar-refractivity contribution in [2.75, 3.05) is 40.3 Å². The number of amides is 6. The number of hydrogen-bond donors (Lipinski definition) is 5. The SMILES string of the molecule is CC(C)C[C@@H]1NC(=O)CN(C(=O)c2ccc3nc[nH]c3c2)CCN(C)C(=O)[C@H](C)NC(=O)CN(C)C(=O)[C@@H](Cc2c[nH]c3ccccc23)NC(=O)c2csc1n2. The van der Waals surface area contributed by atoms with Crippen LogP contribution in [-0.4, -0.2) is 122 Å². The number of benzene rings is 2. The molecule has 16 nitrogen and oxygen atoms in total. The van der Waals surface area contributed by atoms with Crippen LogP contribution in [0.2, 0.25) is 0 Å². The van der Waals surface area contributed by atoms with Crippen LogP contribution in [0.15, 0.2) is 60.4 Å². The lowest BCUT2D eigenvalue weighted by Gasteiger charge is -2.28. The van der Waals surface area contributed by atoms with Crippen LogP contribution in [0, 0.1) is 5.92 Å². The molecule has 2 aromatic carbocycles. The van der Waals surface area contributed by atoms with Gasteiger partial charge in [0, 0.05) is 61.6 Å². The molecule has 3 atom stereocenters. The number of aromatic nitrogens is 4. The first kappa shape index (κ1) is 39.6. The molecule has 1 aliphatic rings. The Hall–Kier alpha value is -6.10. The van der Waals surface area contributed by atoms with E-state index in [4.69, 9.17) is 0 Å². The van der Waals surface area contributed by atoms with E-state index >= 15 is 0 Å². The molecule has 5 N–H and O–H groups in total. The second-order valence-corrected chi connectivity index (χ2v) is 15.4. The van der Waals surface area contributed by atoms with Crippen LogP contribution in [-0.2, 0) is 25.6 Å². The maximum Gasteiger partial charge on any atom is 0.271 e. The number of likely N-dealkylation sites (N-methyl/N-ethyl adjacent to an activating group) is 2. The zero-order valence-corrected chi connectivity index (χ0v) is 32.7. The summed E-state index contributed by atoms with van der Waals surface area (Å²) in [6.07, 6.45) is 3.92. The molecule has 1 aliphatic heterocycles. The Kier molecular flexibility index (Phi) is 12.1. The van der Waals surface area contributed by atoms with Crippen LogP contribution in [0.25, 0.3) is 21.9 Å². The van der Waals surface area contributed by atoms with E-state index in [1.807, 2.05) is 38.1 Å². The van der Waals surface area contributed by atoms with Crippen LogP contribution >= 0.6 is 11.3 Å². The third kappa shape index (κ3) is 9.22. The number of nitrogens with zero attached hydrogens (tertiary/aromatic N) is 5. The monoisotopic (exact) mass is 782 g/mol. The van der Waals surface area contributed by atoms with Crippen LogP contribution in [0.1, 0.15) is 64.7 Å². The predicted molar refractivity (Wildman–Crippen MR) is 211 cm³/mol. The number of nitrogens with one attached hydrogen (secondary N) is 5. The van der Waals surface area contributed by atoms with Crippen molar-refractivity contribution in [1.29, 1.82) is 0 Å². The van der Waals surface area contributed by atoms with Gasteiger partial charge in [-0.1, -0.05) is 32.0 Å². The van der Waals surface area contributed by atoms with E-state index in [1.165, 1.54) is 46.3 Å². The summed E-state index contributed by atoms with van der Waals surface area (Å²) in [5.41, 5.74) is 3.38. The molecule has 0 fully saturated rings. The van der Waals surface area contributed by atoms with Gasteiger partial charge in [-0.05, 0) is 49.1 Å². The number of thiazole rings is 1. The number of rotatable bonds is 5. The minimum absolute atomic E-state index is 0.00164. The van der Waals surface area contributed by atoms with Crippen LogP contribution < -0.4 is 16.0 Å². The van der Waals surface area contributed by atoms with E-state index in [2.05, 4.69) is 35.9 Å². The number of H-pyrrole nitrogens is 2. The number of imidazole rings is 1. The zero-order valence-electron chi connectivity index (χ0n) is 31.9. The lowest BCUT2D eigenvalue weighted by molar-refractivity contribution is -0.138. The van der Waals surface area contributed by atoms with Crippen molar-refractivity contribution in [3.63, 3.8) is 0 Å². The van der Waals surface area contributed by atoms with Crippen LogP contribution in [0.5, 0.6) is 0 Å². The van der Waals surface area contributed by atoms with Gasteiger partial charge in [0.2, 0.25) is 23.6 Å². The van der Waals surface area contributed by atoms with Gasteiger partial charge in [-0.15, -0.1) is 11.3 Å². The Morgan fingerprint density at radius 2 is 1.64 bits per heavy atom. The second kappa shape index (κ2) is 17.1. The maximum absolute atomic E-state index is 14.0. The Bertz CT molecular complexity index is 2260. The molecule has 0 saturated heterocycles. The van der Waals surface area contributed by atoms with E-state index in [9.17, 15) is 28.8 Å². The molecule has 0 unspecified atom stereocenters. The zero-order chi connectivity index (χ0) is 40.1. The first-order valence-electron chi connectivity index (χ1n) is 18.4. The smallest absolute Gasteiger partial charge is 0.271 e. The number of fused-ring (bicyclic) bond motifs is 4. The summed E-state index contributed by atoms with van der Waals surface area (Å²) in [6, 6.07) is 9.96. The minimum atomic E-state index is -1.08. The molecule has 17 heteroatoms. The molecule has 56 heavy (non-hydrogen) atoms. The van der Waals surface area contributed by atoms with E-state index in [1.54, 1.807) is 36.8 Å². The third-order valence-corrected chi connectivity index (χ3v) is 10.6. The highest BCUT2D eigenvalue weighted by atomic mass is 32.1. The van der Waals surface area contributed by atoms with Crippen molar-refractivity contribution in [2.24, 2.45) is 5.92 Å². The molecule has 3 aromatic heterocycles. The summed E-state index contributed by atoms with van der Waals surface area (Å²) in [5, 5.41) is 11.5. The Morgan fingerprint density at radius 1 is 0.875 bits per heavy atom. The molecule has 4 heterocycles. The van der Waals surface area contributed by atoms with Gasteiger partial charge in [-0.25, -0.2) is 9.97 Å². The molecule has 0 radical (unpaired) electrons. The van der Waals surface area contributed by atoms with Gasteiger partial charge in [0.1, 0.15) is 22.8 Å². The highest BCUT2D eigenvalue weighted by Crippen LogP contribution is 2.26. The van der Waals surface area contributed by atoms with Crippen LogP contribution in [0.4, 0.5) is 0 Å². The van der Waals surface area contributed by atoms with E-state index in [-0.39, 0.29) is 44.2 Å². The van der Waals surface area contributed by atoms with Gasteiger partial charge in [-0.2, -0.15) is 0 Å². The van der Waals surface area contributed by atoms with Gasteiger partial charge in [0.15, 0.2) is 0 Å². The van der Waals surface area contributed by atoms with Crippen molar-refractivity contribution in [2.45, 2.75) is 51.7 Å². The first-order chi connectivity index (χ1) is 26.8. The molecule has 5 aromatic rings. The molecule has 0 aliphatic carbocycles. The molecule has 2 bridgehead atoms. The maximum atomic E-state index is 14.0. The van der Waals surface area contributed by atoms with Crippen molar-refractivity contribution in [1.82, 2.24) is 50.6 Å². The number of aromatic amines is 2. The van der Waals surface area contributed by atoms with Gasteiger partial charge in [0.25, 0.3) is 11.8 Å². The topological polar surface area (TPSA) is 206 Å². The van der Waals surface area contributed by atoms with Gasteiger partial charge >= 0.3 is 0 Å². The lowest BCUT2D eigenvalue weighted by Crippen LogP contribution is -2.53. The summed E-state index contributed by atoms with van der Waals surface area (Å²) < 4.78 is 0. The Balaban J connectivity index is 1.31. The average Bonchev–Trinajstić information content (AvgIpc) is 3.94. The van der Waals surface area contributed by atoms with Crippen molar-refractivity contribution in [3.8, 4) is 0 Å². The lowest BCUT2D eigenvalue weighted by atomic mass is 10.0. The molecule has 294 valence electrons. The fourth-order valence-electron chi connectivity index (χ4n) is 6.73. The van der Waals surface area contributed by atoms with Gasteiger partial charge < -0.3 is 40.6 Å². The van der Waals surface area contributed by atoms with Gasteiger partial charge in [-0.3, -0.25) is 28.8 Å². The number of hydrogen-bond acceptors (Lipinski definition) is 9. The fourth-order valence-corrected chi connectivity index (χ4v) is 7.60. The summed E-state index contributed by atoms with van der Waals surface area (Å²) in [6.45, 7) is 4.87. The van der Waals surface area contributed by atoms with Crippen molar-refractivity contribution >= 4 is 68.7 Å². The number of carbonyl (C=O) groups is 6.